The first-order valence-corrected chi connectivity index (χ1v) is 7.98. The quantitative estimate of drug-likeness (QED) is 0.690. The Balaban J connectivity index is 1.87. The van der Waals surface area contributed by atoms with Crippen molar-refractivity contribution in [2.24, 2.45) is 0 Å². The van der Waals surface area contributed by atoms with Crippen LogP contribution in [0.2, 0.25) is 5.02 Å². The summed E-state index contributed by atoms with van der Waals surface area (Å²) >= 11 is 8.90. The van der Waals surface area contributed by atoms with Crippen LogP contribution in [-0.2, 0) is 0 Å². The standard InChI is InChI=1S/C13H10ClN3OS2/c1-8(9-2-4-10(14)5-3-9)19-13-16-17-11(18)6-7-15-12(17)20-13/h2-8H,1H3. The second-order valence-electron chi connectivity index (χ2n) is 4.16. The van der Waals surface area contributed by atoms with Crippen molar-refractivity contribution in [1.29, 1.82) is 0 Å². The molecule has 3 rings (SSSR count). The third kappa shape index (κ3) is 2.72. The van der Waals surface area contributed by atoms with Gasteiger partial charge in [0.2, 0.25) is 4.96 Å². The molecule has 0 fully saturated rings. The molecular formula is C13H10ClN3OS2. The average Bonchev–Trinajstić information content (AvgIpc) is 2.83. The monoisotopic (exact) mass is 323 g/mol. The maximum atomic E-state index is 11.6. The number of nitrogens with zero attached hydrogens (tertiary/aromatic N) is 3. The Morgan fingerprint density at radius 3 is 2.75 bits per heavy atom. The van der Waals surface area contributed by atoms with E-state index in [-0.39, 0.29) is 10.8 Å². The van der Waals surface area contributed by atoms with Crippen molar-refractivity contribution >= 4 is 39.7 Å². The summed E-state index contributed by atoms with van der Waals surface area (Å²) in [5.41, 5.74) is 1.01. The average molecular weight is 324 g/mol. The van der Waals surface area contributed by atoms with Crippen molar-refractivity contribution in [1.82, 2.24) is 14.6 Å². The molecular weight excluding hydrogens is 314 g/mol. The molecule has 1 atom stereocenters. The van der Waals surface area contributed by atoms with E-state index < -0.39 is 0 Å². The summed E-state index contributed by atoms with van der Waals surface area (Å²) in [6.07, 6.45) is 1.51. The van der Waals surface area contributed by atoms with E-state index in [1.54, 1.807) is 11.8 Å². The largest absolute Gasteiger partial charge is 0.275 e. The Labute approximate surface area is 128 Å². The smallest absolute Gasteiger partial charge is 0.267 e. The zero-order valence-corrected chi connectivity index (χ0v) is 12.9. The van der Waals surface area contributed by atoms with Gasteiger partial charge in [0.25, 0.3) is 5.56 Å². The third-order valence-electron chi connectivity index (χ3n) is 2.77. The fraction of sp³-hybridized carbons (Fsp3) is 0.154. The predicted molar refractivity (Wildman–Crippen MR) is 82.9 cm³/mol. The second-order valence-corrected chi connectivity index (χ2v) is 7.14. The highest BCUT2D eigenvalue weighted by Crippen LogP contribution is 2.36. The van der Waals surface area contributed by atoms with Gasteiger partial charge in [-0.25, -0.2) is 4.98 Å². The van der Waals surface area contributed by atoms with Gasteiger partial charge in [0, 0.05) is 22.5 Å². The number of fused-ring (bicyclic) bond motifs is 1. The summed E-state index contributed by atoms with van der Waals surface area (Å²) in [6, 6.07) is 9.15. The highest BCUT2D eigenvalue weighted by Gasteiger charge is 2.12. The topological polar surface area (TPSA) is 47.3 Å². The van der Waals surface area contributed by atoms with Crippen molar-refractivity contribution in [3.05, 3.63) is 57.5 Å². The van der Waals surface area contributed by atoms with Gasteiger partial charge in [0.05, 0.1) is 0 Å². The van der Waals surface area contributed by atoms with Crippen LogP contribution in [-0.4, -0.2) is 14.6 Å². The Bertz CT molecular complexity index is 797. The molecule has 1 unspecified atom stereocenters. The predicted octanol–water partition coefficient (Wildman–Crippen LogP) is 3.66. The van der Waals surface area contributed by atoms with E-state index in [9.17, 15) is 4.79 Å². The van der Waals surface area contributed by atoms with Gasteiger partial charge in [-0.15, -0.1) is 5.10 Å². The van der Waals surface area contributed by atoms with Crippen molar-refractivity contribution in [3.8, 4) is 0 Å². The van der Waals surface area contributed by atoms with Gasteiger partial charge < -0.3 is 0 Å². The van der Waals surface area contributed by atoms with Crippen LogP contribution >= 0.6 is 34.7 Å². The lowest BCUT2D eigenvalue weighted by atomic mass is 10.2. The summed E-state index contributed by atoms with van der Waals surface area (Å²) in [6.45, 7) is 2.09. The summed E-state index contributed by atoms with van der Waals surface area (Å²) in [7, 11) is 0. The van der Waals surface area contributed by atoms with Crippen LogP contribution in [0.1, 0.15) is 17.7 Å². The molecule has 2 aromatic heterocycles. The van der Waals surface area contributed by atoms with Crippen LogP contribution in [0.15, 0.2) is 45.7 Å². The summed E-state index contributed by atoms with van der Waals surface area (Å²) in [4.78, 5) is 16.4. The maximum absolute atomic E-state index is 11.6. The first kappa shape index (κ1) is 13.6. The lowest BCUT2D eigenvalue weighted by Crippen LogP contribution is -2.12. The molecule has 0 aliphatic heterocycles. The Morgan fingerprint density at radius 2 is 2.05 bits per heavy atom. The zero-order valence-electron chi connectivity index (χ0n) is 10.5. The Morgan fingerprint density at radius 1 is 1.30 bits per heavy atom. The van der Waals surface area contributed by atoms with E-state index >= 15 is 0 Å². The molecule has 0 bridgehead atoms. The van der Waals surface area contributed by atoms with Gasteiger partial charge in [-0.2, -0.15) is 4.52 Å². The molecule has 0 aliphatic rings. The molecule has 0 saturated heterocycles. The van der Waals surface area contributed by atoms with E-state index in [0.29, 0.717) is 4.96 Å². The van der Waals surface area contributed by atoms with Gasteiger partial charge in [0.15, 0.2) is 4.34 Å². The van der Waals surface area contributed by atoms with Crippen molar-refractivity contribution in [3.63, 3.8) is 0 Å². The summed E-state index contributed by atoms with van der Waals surface area (Å²) in [5, 5.41) is 5.24. The van der Waals surface area contributed by atoms with Crippen molar-refractivity contribution in [2.75, 3.05) is 0 Å². The van der Waals surface area contributed by atoms with Crippen LogP contribution in [0.5, 0.6) is 0 Å². The minimum absolute atomic E-state index is 0.155. The molecule has 20 heavy (non-hydrogen) atoms. The lowest BCUT2D eigenvalue weighted by molar-refractivity contribution is 0.855. The summed E-state index contributed by atoms with van der Waals surface area (Å²) < 4.78 is 2.16. The summed E-state index contributed by atoms with van der Waals surface area (Å²) in [5.74, 6) is 0. The van der Waals surface area contributed by atoms with Gasteiger partial charge in [0.1, 0.15) is 0 Å². The highest BCUT2D eigenvalue weighted by atomic mass is 35.5. The molecule has 3 aromatic rings. The van der Waals surface area contributed by atoms with Crippen LogP contribution in [0.25, 0.3) is 4.96 Å². The fourth-order valence-electron chi connectivity index (χ4n) is 1.73. The first-order valence-electron chi connectivity index (χ1n) is 5.90. The van der Waals surface area contributed by atoms with Gasteiger partial charge in [-0.05, 0) is 24.6 Å². The van der Waals surface area contributed by atoms with Crippen LogP contribution < -0.4 is 5.56 Å². The minimum Gasteiger partial charge on any atom is -0.267 e. The molecule has 0 radical (unpaired) electrons. The third-order valence-corrected chi connectivity index (χ3v) is 5.19. The second kappa shape index (κ2) is 5.55. The molecule has 1 aromatic carbocycles. The molecule has 0 amide bonds. The number of hydrogen-bond donors (Lipinski definition) is 0. The minimum atomic E-state index is -0.155. The number of aromatic nitrogens is 3. The van der Waals surface area contributed by atoms with Crippen LogP contribution in [0.3, 0.4) is 0 Å². The number of benzene rings is 1. The van der Waals surface area contributed by atoms with Gasteiger partial charge in [-0.1, -0.05) is 46.8 Å². The van der Waals surface area contributed by atoms with Crippen LogP contribution in [0, 0.1) is 0 Å². The molecule has 7 heteroatoms. The van der Waals surface area contributed by atoms with Crippen molar-refractivity contribution in [2.45, 2.75) is 16.5 Å². The van der Waals surface area contributed by atoms with E-state index in [4.69, 9.17) is 11.6 Å². The number of thioether (sulfide) groups is 1. The number of hydrogen-bond acceptors (Lipinski definition) is 5. The van der Waals surface area contributed by atoms with Crippen LogP contribution in [0.4, 0.5) is 0 Å². The maximum Gasteiger partial charge on any atom is 0.275 e. The first-order chi connectivity index (χ1) is 9.63. The molecule has 4 nitrogen and oxygen atoms in total. The number of rotatable bonds is 3. The van der Waals surface area contributed by atoms with Gasteiger partial charge in [-0.3, -0.25) is 4.79 Å². The van der Waals surface area contributed by atoms with Crippen molar-refractivity contribution < 1.29 is 0 Å². The molecule has 0 saturated carbocycles. The Hall–Kier alpha value is -1.37. The SMILES string of the molecule is CC(Sc1nn2c(=O)ccnc2s1)c1ccc(Cl)cc1. The van der Waals surface area contributed by atoms with E-state index in [1.807, 2.05) is 24.3 Å². The van der Waals surface area contributed by atoms with E-state index in [2.05, 4.69) is 17.0 Å². The molecule has 0 aliphatic carbocycles. The van der Waals surface area contributed by atoms with Gasteiger partial charge >= 0.3 is 0 Å². The molecule has 2 heterocycles. The zero-order chi connectivity index (χ0) is 14.1. The lowest BCUT2D eigenvalue weighted by Gasteiger charge is -2.08. The van der Waals surface area contributed by atoms with E-state index in [1.165, 1.54) is 33.7 Å². The Kier molecular flexibility index (Phi) is 3.78. The normalized spacial score (nSPS) is 12.7. The van der Waals surface area contributed by atoms with E-state index in [0.717, 1.165) is 9.36 Å². The fourth-order valence-corrected chi connectivity index (χ4v) is 4.04. The molecule has 102 valence electrons. The highest BCUT2D eigenvalue weighted by molar-refractivity contribution is 8.01. The molecule has 0 spiro atoms. The number of halogens is 1. The molecule has 0 N–H and O–H groups in total.